The fraction of sp³-hybridized carbons (Fsp3) is 0.778. The van der Waals surface area contributed by atoms with Gasteiger partial charge in [-0.2, -0.15) is 16.7 Å². The zero-order valence-electron chi connectivity index (χ0n) is 15.4. The van der Waals surface area contributed by atoms with Gasteiger partial charge in [-0.3, -0.25) is 0 Å². The summed E-state index contributed by atoms with van der Waals surface area (Å²) in [6, 6.07) is 0. The Morgan fingerprint density at radius 2 is 2.12 bits per heavy atom. The molecule has 1 fully saturated rings. The Morgan fingerprint density at radius 3 is 2.88 bits per heavy atom. The number of hydrogen-bond acceptors (Lipinski definition) is 7. The first-order valence-electron chi connectivity index (χ1n) is 9.48. The highest BCUT2D eigenvalue weighted by molar-refractivity contribution is 7.99. The zero-order valence-corrected chi connectivity index (χ0v) is 16.2. The molecule has 1 atom stereocenters. The Morgan fingerprint density at radius 1 is 1.32 bits per heavy atom. The van der Waals surface area contributed by atoms with Crippen molar-refractivity contribution >= 4 is 23.5 Å². The molecule has 2 heterocycles. The normalized spacial score (nSPS) is 20.6. The maximum Gasteiger partial charge on any atom is 0.227 e. The molecule has 1 aliphatic carbocycles. The highest BCUT2D eigenvalue weighted by Gasteiger charge is 2.24. The maximum absolute atomic E-state index is 10.1. The molecule has 1 aliphatic heterocycles. The maximum atomic E-state index is 10.1. The molecule has 0 spiro atoms. The van der Waals surface area contributed by atoms with E-state index in [1.807, 2.05) is 11.8 Å². The summed E-state index contributed by atoms with van der Waals surface area (Å²) in [4.78, 5) is 11.9. The fourth-order valence-electron chi connectivity index (χ4n) is 3.29. The summed E-state index contributed by atoms with van der Waals surface area (Å²) in [7, 11) is 0. The minimum absolute atomic E-state index is 0.267. The molecule has 3 N–H and O–H groups in total. The lowest BCUT2D eigenvalue weighted by Gasteiger charge is -2.30. The van der Waals surface area contributed by atoms with E-state index in [9.17, 15) is 5.11 Å². The monoisotopic (exact) mass is 365 g/mol. The third-order valence-electron chi connectivity index (χ3n) is 4.62. The number of aliphatic hydroxyl groups excluding tert-OH is 1. The second-order valence-corrected chi connectivity index (χ2v) is 8.48. The standard InChI is InChI=1S/C18H31N5OS/c1-13(2)12-25-10-7-20-17-15-11-14(24)3-4-16(15)21-18(22-17)23-8-5-19-6-9-23/h13-14,19,24H,3-12H2,1-2H3,(H,20,21,22). The van der Waals surface area contributed by atoms with Crippen molar-refractivity contribution in [2.45, 2.75) is 39.2 Å². The van der Waals surface area contributed by atoms with Gasteiger partial charge in [-0.1, -0.05) is 13.8 Å². The van der Waals surface area contributed by atoms with Gasteiger partial charge in [0.2, 0.25) is 5.95 Å². The topological polar surface area (TPSA) is 73.3 Å². The Balaban J connectivity index is 1.71. The van der Waals surface area contributed by atoms with Crippen LogP contribution in [0.25, 0.3) is 0 Å². The predicted octanol–water partition coefficient (Wildman–Crippen LogP) is 1.54. The molecule has 0 bridgehead atoms. The Bertz CT molecular complexity index is 563. The second kappa shape index (κ2) is 9.05. The number of rotatable bonds is 7. The van der Waals surface area contributed by atoms with E-state index in [-0.39, 0.29) is 6.10 Å². The number of aliphatic hydroxyl groups is 1. The first kappa shape index (κ1) is 18.7. The highest BCUT2D eigenvalue weighted by atomic mass is 32.2. The van der Waals surface area contributed by atoms with E-state index in [1.54, 1.807) is 0 Å². The van der Waals surface area contributed by atoms with Gasteiger partial charge in [-0.15, -0.1) is 0 Å². The van der Waals surface area contributed by atoms with Crippen LogP contribution in [0.5, 0.6) is 0 Å². The third kappa shape index (κ3) is 5.21. The quantitative estimate of drug-likeness (QED) is 0.633. The molecule has 140 valence electrons. The molecule has 0 radical (unpaired) electrons. The lowest BCUT2D eigenvalue weighted by Crippen LogP contribution is -2.44. The van der Waals surface area contributed by atoms with Crippen molar-refractivity contribution in [3.63, 3.8) is 0 Å². The molecule has 0 aromatic carbocycles. The highest BCUT2D eigenvalue weighted by Crippen LogP contribution is 2.28. The molecular weight excluding hydrogens is 334 g/mol. The van der Waals surface area contributed by atoms with E-state index in [0.29, 0.717) is 6.42 Å². The van der Waals surface area contributed by atoms with Gasteiger partial charge >= 0.3 is 0 Å². The molecule has 7 heteroatoms. The minimum Gasteiger partial charge on any atom is -0.393 e. The molecule has 1 aromatic heterocycles. The Labute approximate surface area is 155 Å². The molecular formula is C18H31N5OS. The number of hydrogen-bond donors (Lipinski definition) is 3. The summed E-state index contributed by atoms with van der Waals surface area (Å²) in [5.41, 5.74) is 2.23. The molecule has 1 unspecified atom stereocenters. The zero-order chi connectivity index (χ0) is 17.6. The van der Waals surface area contributed by atoms with Crippen molar-refractivity contribution in [3.8, 4) is 0 Å². The van der Waals surface area contributed by atoms with Gasteiger partial charge in [-0.05, 0) is 24.5 Å². The predicted molar refractivity (Wildman–Crippen MR) is 106 cm³/mol. The first-order valence-corrected chi connectivity index (χ1v) is 10.6. The summed E-state index contributed by atoms with van der Waals surface area (Å²) in [6.07, 6.45) is 2.04. The van der Waals surface area contributed by atoms with E-state index >= 15 is 0 Å². The third-order valence-corrected chi connectivity index (χ3v) is 6.02. The van der Waals surface area contributed by atoms with Gasteiger partial charge < -0.3 is 20.6 Å². The second-order valence-electron chi connectivity index (χ2n) is 7.33. The molecule has 1 saturated heterocycles. The summed E-state index contributed by atoms with van der Waals surface area (Å²) < 4.78 is 0. The number of piperazine rings is 1. The molecule has 6 nitrogen and oxygen atoms in total. The van der Waals surface area contributed by atoms with Crippen LogP contribution in [-0.2, 0) is 12.8 Å². The van der Waals surface area contributed by atoms with E-state index in [1.165, 1.54) is 5.75 Å². The number of aryl methyl sites for hydroxylation is 1. The molecule has 0 amide bonds. The largest absolute Gasteiger partial charge is 0.393 e. The van der Waals surface area contributed by atoms with Gasteiger partial charge in [0.25, 0.3) is 0 Å². The smallest absolute Gasteiger partial charge is 0.227 e. The van der Waals surface area contributed by atoms with Crippen molar-refractivity contribution in [3.05, 3.63) is 11.3 Å². The fourth-order valence-corrected chi connectivity index (χ4v) is 4.18. The van der Waals surface area contributed by atoms with Gasteiger partial charge in [0, 0.05) is 50.5 Å². The number of anilines is 2. The molecule has 3 rings (SSSR count). The number of thioether (sulfide) groups is 1. The molecule has 1 aromatic rings. The molecule has 2 aliphatic rings. The minimum atomic E-state index is -0.267. The summed E-state index contributed by atoms with van der Waals surface area (Å²) >= 11 is 1.98. The van der Waals surface area contributed by atoms with Gasteiger partial charge in [-0.25, -0.2) is 4.98 Å². The van der Waals surface area contributed by atoms with E-state index in [0.717, 1.165) is 80.3 Å². The van der Waals surface area contributed by atoms with Crippen LogP contribution in [0.1, 0.15) is 31.5 Å². The number of nitrogens with zero attached hydrogens (tertiary/aromatic N) is 3. The summed E-state index contributed by atoms with van der Waals surface area (Å²) in [5, 5.41) is 17.0. The summed E-state index contributed by atoms with van der Waals surface area (Å²) in [5.74, 6) is 4.76. The molecule has 25 heavy (non-hydrogen) atoms. The SMILES string of the molecule is CC(C)CSCCNc1nc(N2CCNCC2)nc2c1CC(O)CC2. The van der Waals surface area contributed by atoms with Gasteiger partial charge in [0.15, 0.2) is 0 Å². The van der Waals surface area contributed by atoms with Gasteiger partial charge in [0.1, 0.15) is 5.82 Å². The van der Waals surface area contributed by atoms with Crippen LogP contribution >= 0.6 is 11.8 Å². The van der Waals surface area contributed by atoms with Crippen molar-refractivity contribution in [1.82, 2.24) is 15.3 Å². The first-order chi connectivity index (χ1) is 12.1. The van der Waals surface area contributed by atoms with E-state index in [2.05, 4.69) is 29.4 Å². The van der Waals surface area contributed by atoms with Crippen LogP contribution in [0.4, 0.5) is 11.8 Å². The average molecular weight is 366 g/mol. The van der Waals surface area contributed by atoms with Crippen molar-refractivity contribution in [2.24, 2.45) is 5.92 Å². The van der Waals surface area contributed by atoms with Crippen LogP contribution in [0.15, 0.2) is 0 Å². The van der Waals surface area contributed by atoms with Crippen molar-refractivity contribution in [2.75, 3.05) is 54.4 Å². The lowest BCUT2D eigenvalue weighted by atomic mass is 9.94. The Hall–Kier alpha value is -1.05. The van der Waals surface area contributed by atoms with Crippen LogP contribution in [0, 0.1) is 5.92 Å². The van der Waals surface area contributed by atoms with Gasteiger partial charge in [0.05, 0.1) is 11.8 Å². The summed E-state index contributed by atoms with van der Waals surface area (Å²) in [6.45, 7) is 9.26. The Kier molecular flexibility index (Phi) is 6.78. The molecule has 0 saturated carbocycles. The average Bonchev–Trinajstić information content (AvgIpc) is 2.62. The van der Waals surface area contributed by atoms with Crippen LogP contribution in [0.2, 0.25) is 0 Å². The lowest BCUT2D eigenvalue weighted by molar-refractivity contribution is 0.158. The van der Waals surface area contributed by atoms with Crippen molar-refractivity contribution in [1.29, 1.82) is 0 Å². The van der Waals surface area contributed by atoms with E-state index < -0.39 is 0 Å². The van der Waals surface area contributed by atoms with Crippen LogP contribution < -0.4 is 15.5 Å². The number of aromatic nitrogens is 2. The van der Waals surface area contributed by atoms with Crippen LogP contribution in [0.3, 0.4) is 0 Å². The van der Waals surface area contributed by atoms with Crippen LogP contribution in [-0.4, -0.2) is 65.4 Å². The van der Waals surface area contributed by atoms with Crippen molar-refractivity contribution < 1.29 is 5.11 Å². The number of nitrogens with one attached hydrogen (secondary N) is 2. The number of fused-ring (bicyclic) bond motifs is 1. The van der Waals surface area contributed by atoms with E-state index in [4.69, 9.17) is 9.97 Å².